The minimum absolute atomic E-state index is 0.194. The second-order valence-corrected chi connectivity index (χ2v) is 10.1. The minimum Gasteiger partial charge on any atom is -0.494 e. The molecule has 0 fully saturated rings. The molecule has 0 atom stereocenters. The lowest BCUT2D eigenvalue weighted by Crippen LogP contribution is -2.27. The van der Waals surface area contributed by atoms with Crippen LogP contribution in [0.25, 0.3) is 6.08 Å². The van der Waals surface area contributed by atoms with Crippen LogP contribution in [0, 0.1) is 6.92 Å². The monoisotopic (exact) mass is 527 g/mol. The molecule has 1 N–H and O–H groups in total. The number of nitrogens with one attached hydrogen (secondary N) is 1. The first-order valence-electron chi connectivity index (χ1n) is 11.2. The number of imidazole rings is 1. The van der Waals surface area contributed by atoms with Crippen molar-refractivity contribution in [2.45, 2.75) is 59.4 Å². The summed E-state index contributed by atoms with van der Waals surface area (Å²) in [6.07, 6.45) is 8.68. The molecule has 0 aliphatic heterocycles. The molecule has 0 saturated heterocycles. The third kappa shape index (κ3) is 8.81. The van der Waals surface area contributed by atoms with Crippen molar-refractivity contribution in [3.63, 3.8) is 0 Å². The van der Waals surface area contributed by atoms with E-state index in [1.807, 2.05) is 23.8 Å². The van der Waals surface area contributed by atoms with Gasteiger partial charge in [0.15, 0.2) is 5.15 Å². The van der Waals surface area contributed by atoms with Crippen LogP contribution in [-0.4, -0.2) is 30.5 Å². The zero-order chi connectivity index (χ0) is 25.1. The molecule has 1 aromatic carbocycles. The molecule has 10 heteroatoms. The van der Waals surface area contributed by atoms with Gasteiger partial charge in [-0.15, -0.1) is 0 Å². The number of carbonyl (C=O) groups excluding carboxylic acids is 1. The van der Waals surface area contributed by atoms with Crippen molar-refractivity contribution in [3.8, 4) is 5.75 Å². The van der Waals surface area contributed by atoms with Crippen LogP contribution < -0.4 is 9.46 Å². The molecule has 7 nitrogen and oxygen atoms in total. The summed E-state index contributed by atoms with van der Waals surface area (Å²) in [6.45, 7) is 6.85. The molecule has 0 spiro atoms. The zero-order valence-electron chi connectivity index (χ0n) is 19.7. The van der Waals surface area contributed by atoms with Gasteiger partial charge in [-0.05, 0) is 43.5 Å². The van der Waals surface area contributed by atoms with E-state index >= 15 is 0 Å². The van der Waals surface area contributed by atoms with Crippen LogP contribution in [0.4, 0.5) is 0 Å². The molecule has 1 aromatic heterocycles. The van der Waals surface area contributed by atoms with Crippen LogP contribution in [0.15, 0.2) is 35.8 Å². The summed E-state index contributed by atoms with van der Waals surface area (Å²) in [5, 5.41) is 1.72. The number of halogens is 2. The Morgan fingerprint density at radius 1 is 1.21 bits per heavy atom. The molecule has 0 radical (unpaired) electrons. The van der Waals surface area contributed by atoms with Crippen molar-refractivity contribution < 1.29 is 17.9 Å². The number of hydrogen-bond donors (Lipinski definition) is 1. The van der Waals surface area contributed by atoms with Gasteiger partial charge in [0.25, 0.3) is 15.9 Å². The molecule has 0 bridgehead atoms. The number of benzene rings is 1. The van der Waals surface area contributed by atoms with E-state index in [1.165, 1.54) is 12.2 Å². The molecule has 0 unspecified atom stereocenters. The van der Waals surface area contributed by atoms with Crippen molar-refractivity contribution in [1.82, 2.24) is 14.3 Å². The van der Waals surface area contributed by atoms with Crippen molar-refractivity contribution in [1.29, 1.82) is 0 Å². The Morgan fingerprint density at radius 2 is 1.97 bits per heavy atom. The fourth-order valence-corrected chi connectivity index (χ4v) is 4.41. The van der Waals surface area contributed by atoms with Crippen LogP contribution in [0.2, 0.25) is 10.2 Å². The number of amides is 1. The van der Waals surface area contributed by atoms with E-state index in [1.54, 1.807) is 17.6 Å². The molecule has 1 amide bonds. The molecule has 2 aromatic rings. The Hall–Kier alpha value is -2.29. The maximum atomic E-state index is 12.2. The quantitative estimate of drug-likeness (QED) is 0.259. The van der Waals surface area contributed by atoms with E-state index in [4.69, 9.17) is 27.9 Å². The highest BCUT2D eigenvalue weighted by Crippen LogP contribution is 2.26. The molecule has 34 heavy (non-hydrogen) atoms. The molecule has 0 saturated carbocycles. The first kappa shape index (κ1) is 28.0. The topological polar surface area (TPSA) is 90.3 Å². The van der Waals surface area contributed by atoms with E-state index < -0.39 is 15.9 Å². The number of unbranched alkanes of at least 4 members (excludes halogenated alkanes) is 3. The van der Waals surface area contributed by atoms with E-state index in [9.17, 15) is 13.2 Å². The maximum Gasteiger partial charge on any atom is 0.257 e. The first-order chi connectivity index (χ1) is 16.2. The lowest BCUT2D eigenvalue weighted by atomic mass is 10.2. The number of hydrogen-bond acceptors (Lipinski definition) is 5. The Bertz CT molecular complexity index is 1140. The predicted molar refractivity (Wildman–Crippen MR) is 138 cm³/mol. The number of sulfonamides is 1. The molecular formula is C24H31Cl2N3O4S. The average molecular weight is 529 g/mol. The molecule has 0 aliphatic rings. The molecular weight excluding hydrogens is 497 g/mol. The summed E-state index contributed by atoms with van der Waals surface area (Å²) < 4.78 is 33.4. The van der Waals surface area contributed by atoms with Crippen molar-refractivity contribution in [2.75, 3.05) is 6.61 Å². The fourth-order valence-electron chi connectivity index (χ4n) is 3.09. The third-order valence-electron chi connectivity index (χ3n) is 4.89. The Morgan fingerprint density at radius 3 is 2.65 bits per heavy atom. The Balaban J connectivity index is 2.14. The van der Waals surface area contributed by atoms with E-state index in [2.05, 4.69) is 11.9 Å². The van der Waals surface area contributed by atoms with Crippen LogP contribution >= 0.6 is 23.2 Å². The van der Waals surface area contributed by atoms with E-state index in [0.717, 1.165) is 42.7 Å². The van der Waals surface area contributed by atoms with Gasteiger partial charge in [-0.3, -0.25) is 4.79 Å². The van der Waals surface area contributed by atoms with Gasteiger partial charge >= 0.3 is 0 Å². The zero-order valence-corrected chi connectivity index (χ0v) is 22.0. The van der Waals surface area contributed by atoms with Gasteiger partial charge in [-0.1, -0.05) is 68.5 Å². The van der Waals surface area contributed by atoms with Crippen molar-refractivity contribution >= 4 is 45.2 Å². The number of aryl methyl sites for hydroxylation is 1. The number of rotatable bonds is 13. The van der Waals surface area contributed by atoms with Gasteiger partial charge < -0.3 is 9.30 Å². The average Bonchev–Trinajstić information content (AvgIpc) is 3.03. The van der Waals surface area contributed by atoms with Gasteiger partial charge in [-0.2, -0.15) is 0 Å². The first-order valence-corrected chi connectivity index (χ1v) is 13.5. The summed E-state index contributed by atoms with van der Waals surface area (Å²) in [7, 11) is -3.86. The Kier molecular flexibility index (Phi) is 11.1. The van der Waals surface area contributed by atoms with Gasteiger partial charge in [0.1, 0.15) is 11.6 Å². The second kappa shape index (κ2) is 13.6. The van der Waals surface area contributed by atoms with Gasteiger partial charge in [-0.25, -0.2) is 18.1 Å². The number of aromatic nitrogens is 2. The van der Waals surface area contributed by atoms with Crippen molar-refractivity contribution in [2.24, 2.45) is 0 Å². The van der Waals surface area contributed by atoms with Crippen molar-refractivity contribution in [3.05, 3.63) is 63.0 Å². The Labute approximate surface area is 211 Å². The van der Waals surface area contributed by atoms with Crippen LogP contribution in [0.5, 0.6) is 5.75 Å². The summed E-state index contributed by atoms with van der Waals surface area (Å²) >= 11 is 12.7. The number of ether oxygens (including phenoxy) is 1. The summed E-state index contributed by atoms with van der Waals surface area (Å²) in [5.74, 6) is 0.539. The predicted octanol–water partition coefficient (Wildman–Crippen LogP) is 5.89. The highest BCUT2D eigenvalue weighted by molar-refractivity contribution is 7.92. The SMILES string of the molecule is CCCC=CS(=O)(=O)NC(=O)C=Cc1c(Cl)nc(C)n1Cc1ccc(OCCCCC)cc1Cl. The highest BCUT2D eigenvalue weighted by Gasteiger charge is 2.14. The maximum absolute atomic E-state index is 12.2. The summed E-state index contributed by atoms with van der Waals surface area (Å²) in [4.78, 5) is 16.4. The molecule has 0 aliphatic carbocycles. The van der Waals surface area contributed by atoms with E-state index in [0.29, 0.717) is 41.9 Å². The minimum atomic E-state index is -3.86. The lowest BCUT2D eigenvalue weighted by molar-refractivity contribution is -0.114. The fraction of sp³-hybridized carbons (Fsp3) is 0.417. The number of nitrogens with zero attached hydrogens (tertiary/aromatic N) is 2. The van der Waals surface area contributed by atoms with Gasteiger partial charge in [0, 0.05) is 16.5 Å². The summed E-state index contributed by atoms with van der Waals surface area (Å²) in [5.41, 5.74) is 1.28. The molecule has 2 rings (SSSR count). The van der Waals surface area contributed by atoms with Crippen LogP contribution in [0.1, 0.15) is 63.0 Å². The van der Waals surface area contributed by atoms with Gasteiger partial charge in [0.05, 0.1) is 18.8 Å². The van der Waals surface area contributed by atoms with E-state index in [-0.39, 0.29) is 5.15 Å². The van der Waals surface area contributed by atoms with Crippen LogP contribution in [0.3, 0.4) is 0 Å². The van der Waals surface area contributed by atoms with Crippen LogP contribution in [-0.2, 0) is 21.4 Å². The smallest absolute Gasteiger partial charge is 0.257 e. The third-order valence-corrected chi connectivity index (χ3v) is 6.55. The normalized spacial score (nSPS) is 12.0. The molecule has 1 heterocycles. The lowest BCUT2D eigenvalue weighted by Gasteiger charge is -2.12. The summed E-state index contributed by atoms with van der Waals surface area (Å²) in [6, 6.07) is 5.51. The standard InChI is InChI=1S/C24H31Cl2N3O4S/c1-4-6-8-14-33-20-11-10-19(21(25)16-20)17-29-18(3)27-24(26)22(29)12-13-23(30)28-34(31,32)15-9-7-5-2/h9-13,15-16H,4-8,14,17H2,1-3H3,(H,28,30). The largest absolute Gasteiger partial charge is 0.494 e. The number of allylic oxidation sites excluding steroid dienone is 1. The number of carbonyl (C=O) groups is 1. The molecule has 186 valence electrons. The highest BCUT2D eigenvalue weighted by atomic mass is 35.5. The van der Waals surface area contributed by atoms with Gasteiger partial charge in [0.2, 0.25) is 0 Å². The second-order valence-electron chi connectivity index (χ2n) is 7.74.